The first-order valence-corrected chi connectivity index (χ1v) is 10.4. The van der Waals surface area contributed by atoms with Crippen molar-refractivity contribution in [3.05, 3.63) is 46.3 Å². The molecule has 0 spiro atoms. The number of benzene rings is 1. The Hall–Kier alpha value is -1.40. The maximum Gasteiger partial charge on any atom is 0.251 e. The van der Waals surface area contributed by atoms with Crippen molar-refractivity contribution in [2.75, 3.05) is 32.8 Å². The van der Waals surface area contributed by atoms with E-state index in [4.69, 9.17) is 16.3 Å². The Kier molecular flexibility index (Phi) is 5.60. The van der Waals surface area contributed by atoms with Crippen LogP contribution in [0.1, 0.15) is 17.7 Å². The minimum absolute atomic E-state index is 0.180. The quantitative estimate of drug-likeness (QED) is 0.793. The largest absolute Gasteiger partial charge is 0.368 e. The van der Waals surface area contributed by atoms with Gasteiger partial charge in [0, 0.05) is 59.7 Å². The number of amides is 1. The lowest BCUT2D eigenvalue weighted by molar-refractivity contribution is -0.142. The van der Waals surface area contributed by atoms with Gasteiger partial charge in [-0.3, -0.25) is 9.69 Å². The number of hydrogen-bond donors (Lipinski definition) is 0. The van der Waals surface area contributed by atoms with E-state index in [1.54, 1.807) is 11.3 Å². The van der Waals surface area contributed by atoms with E-state index in [1.807, 2.05) is 23.1 Å². The molecule has 6 heteroatoms. The lowest BCUT2D eigenvalue weighted by atomic mass is 10.2. The summed E-state index contributed by atoms with van der Waals surface area (Å²) in [6, 6.07) is 12.3. The number of nitrogens with zero attached hydrogens (tertiary/aromatic N) is 2. The molecule has 4 nitrogen and oxygen atoms in total. The number of carbonyl (C=O) groups excluding carboxylic acids is 1. The Bertz CT molecular complexity index is 765. The van der Waals surface area contributed by atoms with Gasteiger partial charge in [0.2, 0.25) is 0 Å². The molecule has 1 aromatic heterocycles. The van der Waals surface area contributed by atoms with E-state index in [0.717, 1.165) is 62.8 Å². The molecule has 1 aromatic carbocycles. The van der Waals surface area contributed by atoms with Crippen molar-refractivity contribution in [2.24, 2.45) is 0 Å². The number of rotatable bonds is 4. The third kappa shape index (κ3) is 3.96. The molecule has 0 aliphatic carbocycles. The molecule has 2 saturated heterocycles. The van der Waals surface area contributed by atoms with Gasteiger partial charge in [-0.15, -0.1) is 11.3 Å². The highest BCUT2D eigenvalue weighted by molar-refractivity contribution is 7.15. The molecule has 3 heterocycles. The van der Waals surface area contributed by atoms with Crippen molar-refractivity contribution in [2.45, 2.75) is 25.5 Å². The van der Waals surface area contributed by atoms with Crippen LogP contribution < -0.4 is 0 Å². The third-order valence-corrected chi connectivity index (χ3v) is 6.50. The van der Waals surface area contributed by atoms with Crippen molar-refractivity contribution in [1.29, 1.82) is 0 Å². The topological polar surface area (TPSA) is 32.8 Å². The van der Waals surface area contributed by atoms with Crippen molar-refractivity contribution in [3.8, 4) is 10.4 Å². The Morgan fingerprint density at radius 1 is 1.15 bits per heavy atom. The van der Waals surface area contributed by atoms with E-state index in [0.29, 0.717) is 0 Å². The van der Waals surface area contributed by atoms with Crippen LogP contribution in [0.3, 0.4) is 0 Å². The van der Waals surface area contributed by atoms with Crippen molar-refractivity contribution in [1.82, 2.24) is 9.80 Å². The smallest absolute Gasteiger partial charge is 0.251 e. The van der Waals surface area contributed by atoms with Crippen LogP contribution in [0.25, 0.3) is 10.4 Å². The molecule has 1 atom stereocenters. The second-order valence-electron chi connectivity index (χ2n) is 6.85. The van der Waals surface area contributed by atoms with Crippen LogP contribution in [-0.2, 0) is 16.1 Å². The minimum atomic E-state index is -0.197. The predicted octanol–water partition coefficient (Wildman–Crippen LogP) is 3.89. The average molecular weight is 391 g/mol. The van der Waals surface area contributed by atoms with Crippen LogP contribution in [-0.4, -0.2) is 54.6 Å². The molecule has 2 fully saturated rings. The lowest BCUT2D eigenvalue weighted by Gasteiger charge is -2.35. The summed E-state index contributed by atoms with van der Waals surface area (Å²) in [6.45, 7) is 5.07. The number of hydrogen-bond acceptors (Lipinski definition) is 4. The molecular formula is C20H23ClN2O2S. The third-order valence-electron chi connectivity index (χ3n) is 5.07. The van der Waals surface area contributed by atoms with Crippen molar-refractivity contribution < 1.29 is 9.53 Å². The van der Waals surface area contributed by atoms with Gasteiger partial charge in [0.15, 0.2) is 0 Å². The molecular weight excluding hydrogens is 368 g/mol. The fourth-order valence-corrected chi connectivity index (χ4v) is 4.97. The zero-order valence-corrected chi connectivity index (χ0v) is 16.3. The van der Waals surface area contributed by atoms with Crippen LogP contribution in [0.2, 0.25) is 5.02 Å². The van der Waals surface area contributed by atoms with Gasteiger partial charge in [-0.25, -0.2) is 0 Å². The molecule has 2 aliphatic heterocycles. The monoisotopic (exact) mass is 390 g/mol. The lowest BCUT2D eigenvalue weighted by Crippen LogP contribution is -2.50. The average Bonchev–Trinajstić information content (AvgIpc) is 3.34. The molecule has 0 bridgehead atoms. The molecule has 0 radical (unpaired) electrons. The Balaban J connectivity index is 1.32. The second kappa shape index (κ2) is 8.09. The van der Waals surface area contributed by atoms with Gasteiger partial charge in [-0.2, -0.15) is 0 Å². The van der Waals surface area contributed by atoms with Gasteiger partial charge in [0.05, 0.1) is 0 Å². The highest BCUT2D eigenvalue weighted by Gasteiger charge is 2.30. The maximum absolute atomic E-state index is 12.4. The van der Waals surface area contributed by atoms with Gasteiger partial charge < -0.3 is 9.64 Å². The summed E-state index contributed by atoms with van der Waals surface area (Å²) in [7, 11) is 0. The van der Waals surface area contributed by atoms with Crippen LogP contribution in [0.5, 0.6) is 0 Å². The molecule has 1 unspecified atom stereocenters. The number of thiophene rings is 1. The van der Waals surface area contributed by atoms with E-state index >= 15 is 0 Å². The van der Waals surface area contributed by atoms with Crippen molar-refractivity contribution >= 4 is 28.8 Å². The summed E-state index contributed by atoms with van der Waals surface area (Å²) < 4.78 is 5.53. The molecule has 0 N–H and O–H groups in total. The zero-order valence-electron chi connectivity index (χ0n) is 14.7. The van der Waals surface area contributed by atoms with E-state index in [9.17, 15) is 4.79 Å². The summed E-state index contributed by atoms with van der Waals surface area (Å²) >= 11 is 8.10. The number of carbonyl (C=O) groups is 1. The molecule has 2 aliphatic rings. The standard InChI is InChI=1S/C20H23ClN2O2S/c21-17-5-2-1-4-16(17)19-8-7-15(26-19)14-22-9-11-23(12-10-22)20(24)18-6-3-13-25-18/h1-2,4-5,7-8,18H,3,6,9-14H2. The number of halogens is 1. The van der Waals surface area contributed by atoms with Gasteiger partial charge in [-0.05, 0) is 31.0 Å². The SMILES string of the molecule is O=C(C1CCCO1)N1CCN(Cc2ccc(-c3ccccc3Cl)s2)CC1. The van der Waals surface area contributed by atoms with Crippen LogP contribution in [0.15, 0.2) is 36.4 Å². The highest BCUT2D eigenvalue weighted by Crippen LogP contribution is 2.33. The Morgan fingerprint density at radius 2 is 1.96 bits per heavy atom. The van der Waals surface area contributed by atoms with Gasteiger partial charge >= 0.3 is 0 Å². The molecule has 4 rings (SSSR count). The Labute approximate surface area is 163 Å². The van der Waals surface area contributed by atoms with E-state index < -0.39 is 0 Å². The number of ether oxygens (including phenoxy) is 1. The predicted molar refractivity (Wildman–Crippen MR) is 106 cm³/mol. The van der Waals surface area contributed by atoms with Gasteiger partial charge in [-0.1, -0.05) is 29.8 Å². The van der Waals surface area contributed by atoms with E-state index in [1.165, 1.54) is 9.75 Å². The van der Waals surface area contributed by atoms with Crippen molar-refractivity contribution in [3.63, 3.8) is 0 Å². The summed E-state index contributed by atoms with van der Waals surface area (Å²) in [6.07, 6.45) is 1.68. The fourth-order valence-electron chi connectivity index (χ4n) is 3.59. The summed E-state index contributed by atoms with van der Waals surface area (Å²) in [5.41, 5.74) is 1.09. The first kappa shape index (κ1) is 18.0. The molecule has 0 saturated carbocycles. The first-order chi connectivity index (χ1) is 12.7. The maximum atomic E-state index is 12.4. The normalized spacial score (nSPS) is 21.3. The molecule has 138 valence electrons. The van der Waals surface area contributed by atoms with Crippen LogP contribution in [0.4, 0.5) is 0 Å². The molecule has 26 heavy (non-hydrogen) atoms. The summed E-state index contributed by atoms with van der Waals surface area (Å²) in [5, 5.41) is 0.794. The fraction of sp³-hybridized carbons (Fsp3) is 0.450. The van der Waals surface area contributed by atoms with Crippen LogP contribution in [0, 0.1) is 0 Å². The van der Waals surface area contributed by atoms with Gasteiger partial charge in [0.25, 0.3) is 5.91 Å². The minimum Gasteiger partial charge on any atom is -0.368 e. The molecule has 2 aromatic rings. The molecule has 1 amide bonds. The number of piperazine rings is 1. The summed E-state index contributed by atoms with van der Waals surface area (Å²) in [4.78, 5) is 19.4. The van der Waals surface area contributed by atoms with E-state index in [2.05, 4.69) is 23.1 Å². The zero-order chi connectivity index (χ0) is 17.9. The summed E-state index contributed by atoms with van der Waals surface area (Å²) in [5.74, 6) is 0.180. The highest BCUT2D eigenvalue weighted by atomic mass is 35.5. The van der Waals surface area contributed by atoms with Crippen LogP contribution >= 0.6 is 22.9 Å². The Morgan fingerprint density at radius 3 is 2.69 bits per heavy atom. The van der Waals surface area contributed by atoms with E-state index in [-0.39, 0.29) is 12.0 Å². The van der Waals surface area contributed by atoms with Gasteiger partial charge in [0.1, 0.15) is 6.10 Å². The first-order valence-electron chi connectivity index (χ1n) is 9.17. The second-order valence-corrected chi connectivity index (χ2v) is 8.42.